The zero-order valence-corrected chi connectivity index (χ0v) is 15.1. The van der Waals surface area contributed by atoms with Crippen LogP contribution in [0.5, 0.6) is 11.5 Å². The predicted molar refractivity (Wildman–Crippen MR) is 100 cm³/mol. The highest BCUT2D eigenvalue weighted by Gasteiger charge is 2.27. The Bertz CT molecular complexity index is 925. The molecule has 2 aromatic carbocycles. The first-order chi connectivity index (χ1) is 13.2. The predicted octanol–water partition coefficient (Wildman–Crippen LogP) is 3.32. The highest BCUT2D eigenvalue weighted by molar-refractivity contribution is 6.30. The monoisotopic (exact) mass is 384 g/mol. The summed E-state index contributed by atoms with van der Waals surface area (Å²) in [5.74, 6) is 1.88. The highest BCUT2D eigenvalue weighted by Crippen LogP contribution is 2.29. The molecule has 1 amide bonds. The smallest absolute Gasteiger partial charge is 0.229 e. The molecule has 0 unspecified atom stereocenters. The molecular weight excluding hydrogens is 368 g/mol. The number of benzene rings is 2. The maximum absolute atomic E-state index is 11.8. The summed E-state index contributed by atoms with van der Waals surface area (Å²) in [6, 6.07) is 14.6. The summed E-state index contributed by atoms with van der Waals surface area (Å²) < 4.78 is 13.0. The fourth-order valence-electron chi connectivity index (χ4n) is 2.90. The maximum atomic E-state index is 11.8. The van der Waals surface area contributed by atoms with Crippen molar-refractivity contribution in [3.63, 3.8) is 0 Å². The molecule has 1 aliphatic rings. The van der Waals surface area contributed by atoms with Crippen LogP contribution in [0, 0.1) is 0 Å². The molecule has 0 fully saturated rings. The summed E-state index contributed by atoms with van der Waals surface area (Å²) in [4.78, 5) is 15.9. The van der Waals surface area contributed by atoms with E-state index < -0.39 is 0 Å². The molecule has 0 radical (unpaired) electrons. The lowest BCUT2D eigenvalue weighted by atomic mass is 10.0. The molecule has 27 heavy (non-hydrogen) atoms. The lowest BCUT2D eigenvalue weighted by molar-refractivity contribution is -0.117. The number of nitrogens with zero attached hydrogens (tertiary/aromatic N) is 3. The molecule has 4 rings (SSSR count). The lowest BCUT2D eigenvalue weighted by Crippen LogP contribution is -2.29. The van der Waals surface area contributed by atoms with Crippen molar-refractivity contribution in [2.45, 2.75) is 12.5 Å². The zero-order chi connectivity index (χ0) is 18.6. The quantitative estimate of drug-likeness (QED) is 0.659. The molecule has 7 nitrogen and oxygen atoms in total. The third kappa shape index (κ3) is 4.03. The van der Waals surface area contributed by atoms with Crippen LogP contribution in [0.3, 0.4) is 0 Å². The van der Waals surface area contributed by atoms with Gasteiger partial charge in [0.2, 0.25) is 11.9 Å². The summed E-state index contributed by atoms with van der Waals surface area (Å²) >= 11 is 5.84. The van der Waals surface area contributed by atoms with E-state index in [1.165, 1.54) is 6.33 Å². The van der Waals surface area contributed by atoms with Crippen molar-refractivity contribution in [1.82, 2.24) is 14.8 Å². The summed E-state index contributed by atoms with van der Waals surface area (Å²) in [6.07, 6.45) is 1.76. The molecule has 0 saturated heterocycles. The minimum Gasteiger partial charge on any atom is -0.490 e. The van der Waals surface area contributed by atoms with Gasteiger partial charge in [-0.05, 0) is 42.0 Å². The minimum absolute atomic E-state index is 0.0693. The minimum atomic E-state index is -0.168. The zero-order valence-electron chi connectivity index (χ0n) is 14.3. The van der Waals surface area contributed by atoms with E-state index in [1.807, 2.05) is 36.4 Å². The molecule has 2 heterocycles. The van der Waals surface area contributed by atoms with E-state index in [2.05, 4.69) is 15.4 Å². The van der Waals surface area contributed by atoms with E-state index in [1.54, 1.807) is 16.8 Å². The van der Waals surface area contributed by atoms with E-state index in [0.29, 0.717) is 30.6 Å². The Balaban J connectivity index is 1.33. The Morgan fingerprint density at radius 2 is 1.67 bits per heavy atom. The first-order valence-corrected chi connectivity index (χ1v) is 8.87. The normalized spacial score (nSPS) is 15.7. The SMILES string of the molecule is O=C1C[C@@H](c2ccc(OCCOc3ccc(Cl)cc3)cc2)n2ncnc2N1. The molecule has 138 valence electrons. The van der Waals surface area contributed by atoms with Crippen LogP contribution in [-0.2, 0) is 4.79 Å². The van der Waals surface area contributed by atoms with Gasteiger partial charge in [-0.3, -0.25) is 10.1 Å². The molecule has 0 aliphatic carbocycles. The third-order valence-corrected chi connectivity index (χ3v) is 4.45. The summed E-state index contributed by atoms with van der Waals surface area (Å²) in [5, 5.41) is 7.58. The van der Waals surface area contributed by atoms with Gasteiger partial charge in [0.15, 0.2) is 0 Å². The second-order valence-corrected chi connectivity index (χ2v) is 6.45. The van der Waals surface area contributed by atoms with Gasteiger partial charge in [-0.2, -0.15) is 10.1 Å². The third-order valence-electron chi connectivity index (χ3n) is 4.20. The van der Waals surface area contributed by atoms with Crippen LogP contribution in [0.25, 0.3) is 0 Å². The molecule has 1 N–H and O–H groups in total. The topological polar surface area (TPSA) is 78.3 Å². The molecule has 0 bridgehead atoms. The average Bonchev–Trinajstić information content (AvgIpc) is 3.15. The highest BCUT2D eigenvalue weighted by atomic mass is 35.5. The summed E-state index contributed by atoms with van der Waals surface area (Å²) in [7, 11) is 0. The van der Waals surface area contributed by atoms with E-state index in [9.17, 15) is 4.79 Å². The van der Waals surface area contributed by atoms with Crippen LogP contribution in [0.15, 0.2) is 54.9 Å². The van der Waals surface area contributed by atoms with Crippen LogP contribution in [-0.4, -0.2) is 33.9 Å². The number of halogens is 1. The van der Waals surface area contributed by atoms with Gasteiger partial charge in [-0.15, -0.1) is 0 Å². The molecule has 3 aromatic rings. The molecular formula is C19H17ClN4O3. The Morgan fingerprint density at radius 1 is 1.04 bits per heavy atom. The van der Waals surface area contributed by atoms with Crippen molar-refractivity contribution in [2.24, 2.45) is 0 Å². The molecule has 1 aliphatic heterocycles. The number of hydrogen-bond donors (Lipinski definition) is 1. The van der Waals surface area contributed by atoms with Gasteiger partial charge in [0.25, 0.3) is 0 Å². The number of nitrogens with one attached hydrogen (secondary N) is 1. The first-order valence-electron chi connectivity index (χ1n) is 8.49. The number of hydrogen-bond acceptors (Lipinski definition) is 5. The van der Waals surface area contributed by atoms with E-state index in [0.717, 1.165) is 17.1 Å². The summed E-state index contributed by atoms with van der Waals surface area (Å²) in [6.45, 7) is 0.843. The van der Waals surface area contributed by atoms with E-state index >= 15 is 0 Å². The largest absolute Gasteiger partial charge is 0.490 e. The van der Waals surface area contributed by atoms with Crippen LogP contribution in [0.4, 0.5) is 5.95 Å². The molecule has 0 saturated carbocycles. The number of carbonyl (C=O) groups excluding carboxylic acids is 1. The standard InChI is InChI=1S/C19H17ClN4O3/c20-14-3-7-16(8-4-14)27-10-9-26-15-5-1-13(2-6-15)17-11-18(25)23-19-21-12-22-24(17)19/h1-8,12,17H,9-11H2,(H,21,22,23,25)/t17-/m0/s1. The number of anilines is 1. The number of amides is 1. The Labute approximate surface area is 160 Å². The van der Waals surface area contributed by atoms with Crippen LogP contribution < -0.4 is 14.8 Å². The van der Waals surface area contributed by atoms with Crippen LogP contribution in [0.1, 0.15) is 18.0 Å². The van der Waals surface area contributed by atoms with Crippen molar-refractivity contribution >= 4 is 23.5 Å². The number of rotatable bonds is 6. The summed E-state index contributed by atoms with van der Waals surface area (Å²) in [5.41, 5.74) is 0.973. The van der Waals surface area contributed by atoms with Gasteiger partial charge in [0.1, 0.15) is 31.0 Å². The van der Waals surface area contributed by atoms with Gasteiger partial charge in [-0.1, -0.05) is 23.7 Å². The maximum Gasteiger partial charge on any atom is 0.229 e. The van der Waals surface area contributed by atoms with Crippen molar-refractivity contribution < 1.29 is 14.3 Å². The van der Waals surface area contributed by atoms with E-state index in [4.69, 9.17) is 21.1 Å². The van der Waals surface area contributed by atoms with Gasteiger partial charge in [0, 0.05) is 5.02 Å². The second-order valence-electron chi connectivity index (χ2n) is 6.02. The van der Waals surface area contributed by atoms with Gasteiger partial charge in [-0.25, -0.2) is 4.68 Å². The van der Waals surface area contributed by atoms with Gasteiger partial charge in [0.05, 0.1) is 12.5 Å². The molecule has 8 heteroatoms. The molecule has 1 atom stereocenters. The number of ether oxygens (including phenoxy) is 2. The molecule has 1 aromatic heterocycles. The first kappa shape index (κ1) is 17.4. The van der Waals surface area contributed by atoms with Gasteiger partial charge >= 0.3 is 0 Å². The van der Waals surface area contributed by atoms with Crippen molar-refractivity contribution in [3.05, 3.63) is 65.4 Å². The molecule has 0 spiro atoms. The Kier molecular flexibility index (Phi) is 4.93. The van der Waals surface area contributed by atoms with Crippen molar-refractivity contribution in [3.8, 4) is 11.5 Å². The fourth-order valence-corrected chi connectivity index (χ4v) is 3.03. The lowest BCUT2D eigenvalue weighted by Gasteiger charge is -2.23. The fraction of sp³-hybridized carbons (Fsp3) is 0.211. The number of carbonyl (C=O) groups is 1. The van der Waals surface area contributed by atoms with Crippen molar-refractivity contribution in [2.75, 3.05) is 18.5 Å². The van der Waals surface area contributed by atoms with Crippen LogP contribution in [0.2, 0.25) is 5.02 Å². The van der Waals surface area contributed by atoms with Crippen molar-refractivity contribution in [1.29, 1.82) is 0 Å². The number of aromatic nitrogens is 3. The Hall–Kier alpha value is -3.06. The van der Waals surface area contributed by atoms with Gasteiger partial charge < -0.3 is 9.47 Å². The average molecular weight is 385 g/mol. The Morgan fingerprint density at radius 3 is 2.33 bits per heavy atom. The van der Waals surface area contributed by atoms with Crippen LogP contribution >= 0.6 is 11.6 Å². The number of fused-ring (bicyclic) bond motifs is 1. The van der Waals surface area contributed by atoms with E-state index in [-0.39, 0.29) is 11.9 Å². The second kappa shape index (κ2) is 7.67.